The molecule has 1 atom stereocenters. The van der Waals surface area contributed by atoms with Gasteiger partial charge in [-0.3, -0.25) is 4.90 Å². The van der Waals surface area contributed by atoms with Gasteiger partial charge in [-0.25, -0.2) is 4.98 Å². The summed E-state index contributed by atoms with van der Waals surface area (Å²) in [5.74, 6) is 1.67. The van der Waals surface area contributed by atoms with E-state index in [1.54, 1.807) is 6.20 Å². The quantitative estimate of drug-likeness (QED) is 0.735. The van der Waals surface area contributed by atoms with Crippen molar-refractivity contribution >= 4 is 24.8 Å². The fourth-order valence-electron chi connectivity index (χ4n) is 2.42. The fourth-order valence-corrected chi connectivity index (χ4v) is 2.42. The molecule has 5 nitrogen and oxygen atoms in total. The summed E-state index contributed by atoms with van der Waals surface area (Å²) < 4.78 is 0. The van der Waals surface area contributed by atoms with E-state index in [9.17, 15) is 0 Å². The van der Waals surface area contributed by atoms with Crippen molar-refractivity contribution in [1.82, 2.24) is 20.2 Å². The third-order valence-electron chi connectivity index (χ3n) is 3.26. The van der Waals surface area contributed by atoms with Gasteiger partial charge in [0, 0.05) is 25.5 Å². The van der Waals surface area contributed by atoms with Crippen LogP contribution in [0, 0.1) is 5.92 Å². The highest BCUT2D eigenvalue weighted by atomic mass is 35.5. The molecular formula is C12H24Cl2N4O. The smallest absolute Gasteiger partial charge is 0.120 e. The van der Waals surface area contributed by atoms with E-state index in [2.05, 4.69) is 20.2 Å². The molecule has 1 aliphatic rings. The molecule has 0 aliphatic carbocycles. The number of nitrogens with one attached hydrogen (secondary N) is 2. The van der Waals surface area contributed by atoms with Gasteiger partial charge < -0.3 is 15.4 Å². The summed E-state index contributed by atoms with van der Waals surface area (Å²) in [6, 6.07) is 0. The lowest BCUT2D eigenvalue weighted by molar-refractivity contribution is 0.156. The highest BCUT2D eigenvalue weighted by molar-refractivity contribution is 5.85. The van der Waals surface area contributed by atoms with Gasteiger partial charge in [0.1, 0.15) is 5.82 Å². The van der Waals surface area contributed by atoms with Gasteiger partial charge in [-0.1, -0.05) is 0 Å². The van der Waals surface area contributed by atoms with E-state index >= 15 is 0 Å². The highest BCUT2D eigenvalue weighted by Crippen LogP contribution is 2.12. The van der Waals surface area contributed by atoms with Gasteiger partial charge in [0.25, 0.3) is 0 Å². The lowest BCUT2D eigenvalue weighted by atomic mass is 9.99. The molecule has 1 aliphatic heterocycles. The minimum Gasteiger partial charge on any atom is -0.395 e. The number of hydrogen-bond donors (Lipinski definition) is 3. The molecule has 2 heterocycles. The summed E-state index contributed by atoms with van der Waals surface area (Å²) in [5, 5.41) is 12.5. The number of piperidine rings is 1. The number of nitrogens with zero attached hydrogens (tertiary/aromatic N) is 2. The molecule has 1 aromatic rings. The van der Waals surface area contributed by atoms with Crippen molar-refractivity contribution in [3.63, 3.8) is 0 Å². The van der Waals surface area contributed by atoms with Crippen LogP contribution in [0.3, 0.4) is 0 Å². The van der Waals surface area contributed by atoms with Crippen LogP contribution < -0.4 is 5.32 Å². The summed E-state index contributed by atoms with van der Waals surface area (Å²) in [4.78, 5) is 9.62. The van der Waals surface area contributed by atoms with Crippen LogP contribution in [0.4, 0.5) is 0 Å². The Morgan fingerprint density at radius 3 is 2.84 bits per heavy atom. The second-order valence-corrected chi connectivity index (χ2v) is 4.71. The zero-order chi connectivity index (χ0) is 11.9. The number of aliphatic hydroxyl groups is 1. The minimum atomic E-state index is 0. The van der Waals surface area contributed by atoms with E-state index in [1.165, 1.54) is 12.8 Å². The molecule has 2 rings (SSSR count). The zero-order valence-corrected chi connectivity index (χ0v) is 12.7. The minimum absolute atomic E-state index is 0. The number of halogens is 2. The Morgan fingerprint density at radius 2 is 2.26 bits per heavy atom. The first kappa shape index (κ1) is 18.7. The summed E-state index contributed by atoms with van der Waals surface area (Å²) in [5.41, 5.74) is 0. The maximum Gasteiger partial charge on any atom is 0.120 e. The molecule has 19 heavy (non-hydrogen) atoms. The molecule has 1 aromatic heterocycles. The number of aromatic nitrogens is 2. The predicted molar refractivity (Wildman–Crippen MR) is 81.0 cm³/mol. The molecule has 0 spiro atoms. The molecule has 0 bridgehead atoms. The molecule has 1 unspecified atom stereocenters. The average Bonchev–Trinajstić information content (AvgIpc) is 2.83. The summed E-state index contributed by atoms with van der Waals surface area (Å²) in [7, 11) is 0. The van der Waals surface area contributed by atoms with Gasteiger partial charge in [-0.05, 0) is 31.8 Å². The molecule has 0 aromatic carbocycles. The van der Waals surface area contributed by atoms with Crippen molar-refractivity contribution in [3.05, 3.63) is 18.2 Å². The van der Waals surface area contributed by atoms with Crippen molar-refractivity contribution in [3.8, 4) is 0 Å². The van der Waals surface area contributed by atoms with Crippen molar-refractivity contribution < 1.29 is 5.11 Å². The van der Waals surface area contributed by atoms with Crippen molar-refractivity contribution in [1.29, 1.82) is 0 Å². The van der Waals surface area contributed by atoms with Crippen LogP contribution in [-0.4, -0.2) is 52.8 Å². The average molecular weight is 311 g/mol. The Bertz CT molecular complexity index is 305. The van der Waals surface area contributed by atoms with Crippen LogP contribution in [0.5, 0.6) is 0 Å². The van der Waals surface area contributed by atoms with Gasteiger partial charge in [-0.2, -0.15) is 0 Å². The number of aromatic amines is 1. The molecule has 0 saturated carbocycles. The highest BCUT2D eigenvalue weighted by Gasteiger charge is 2.17. The Hall–Kier alpha value is -0.330. The molecule has 0 radical (unpaired) electrons. The first-order valence-electron chi connectivity index (χ1n) is 6.40. The van der Waals surface area contributed by atoms with E-state index in [0.717, 1.165) is 38.5 Å². The topological polar surface area (TPSA) is 64.2 Å². The van der Waals surface area contributed by atoms with Crippen LogP contribution >= 0.6 is 24.8 Å². The van der Waals surface area contributed by atoms with Crippen molar-refractivity contribution in [2.24, 2.45) is 5.92 Å². The molecule has 1 saturated heterocycles. The molecule has 3 N–H and O–H groups in total. The molecule has 112 valence electrons. The fraction of sp³-hybridized carbons (Fsp3) is 0.750. The normalized spacial score (nSPS) is 18.7. The Kier molecular flexibility index (Phi) is 10.3. The third kappa shape index (κ3) is 6.58. The summed E-state index contributed by atoms with van der Waals surface area (Å²) in [6.45, 7) is 5.01. The number of rotatable bonds is 6. The Balaban J connectivity index is 0.00000162. The SMILES string of the molecule is Cl.Cl.OCCN(Cc1ncc[nH]1)CC1CCCNC1. The Labute approximate surface area is 127 Å². The second kappa shape index (κ2) is 10.5. The van der Waals surface area contributed by atoms with Crippen molar-refractivity contribution in [2.75, 3.05) is 32.8 Å². The van der Waals surface area contributed by atoms with E-state index in [0.29, 0.717) is 5.92 Å². The van der Waals surface area contributed by atoms with E-state index in [-0.39, 0.29) is 31.4 Å². The Morgan fingerprint density at radius 1 is 1.42 bits per heavy atom. The molecule has 7 heteroatoms. The van der Waals surface area contributed by atoms with E-state index in [1.807, 2.05) is 6.20 Å². The predicted octanol–water partition coefficient (Wildman–Crippen LogP) is 1.05. The van der Waals surface area contributed by atoms with E-state index in [4.69, 9.17) is 5.11 Å². The maximum absolute atomic E-state index is 9.11. The largest absolute Gasteiger partial charge is 0.395 e. The van der Waals surface area contributed by atoms with Crippen LogP contribution in [-0.2, 0) is 6.54 Å². The standard InChI is InChI=1S/C12H22N4O.2ClH/c17-7-6-16(10-12-14-4-5-15-12)9-11-2-1-3-13-8-11;;/h4-5,11,13,17H,1-3,6-10H2,(H,14,15);2*1H. The first-order chi connectivity index (χ1) is 8.38. The maximum atomic E-state index is 9.11. The third-order valence-corrected chi connectivity index (χ3v) is 3.26. The van der Waals surface area contributed by atoms with Gasteiger partial charge in [0.05, 0.1) is 13.2 Å². The van der Waals surface area contributed by atoms with Crippen LogP contribution in [0.25, 0.3) is 0 Å². The lowest BCUT2D eigenvalue weighted by Crippen LogP contribution is -2.39. The summed E-state index contributed by atoms with van der Waals surface area (Å²) in [6.07, 6.45) is 6.16. The lowest BCUT2D eigenvalue weighted by Gasteiger charge is -2.29. The number of imidazole rings is 1. The molecular weight excluding hydrogens is 287 g/mol. The van der Waals surface area contributed by atoms with Crippen LogP contribution in [0.2, 0.25) is 0 Å². The number of hydrogen-bond acceptors (Lipinski definition) is 4. The monoisotopic (exact) mass is 310 g/mol. The summed E-state index contributed by atoms with van der Waals surface area (Å²) >= 11 is 0. The second-order valence-electron chi connectivity index (χ2n) is 4.71. The van der Waals surface area contributed by atoms with Gasteiger partial charge >= 0.3 is 0 Å². The van der Waals surface area contributed by atoms with Crippen molar-refractivity contribution in [2.45, 2.75) is 19.4 Å². The van der Waals surface area contributed by atoms with E-state index < -0.39 is 0 Å². The van der Waals surface area contributed by atoms with Crippen LogP contribution in [0.15, 0.2) is 12.4 Å². The van der Waals surface area contributed by atoms with Gasteiger partial charge in [0.15, 0.2) is 0 Å². The molecule has 0 amide bonds. The first-order valence-corrected chi connectivity index (χ1v) is 6.40. The van der Waals surface area contributed by atoms with Gasteiger partial charge in [-0.15, -0.1) is 24.8 Å². The number of H-pyrrole nitrogens is 1. The zero-order valence-electron chi connectivity index (χ0n) is 11.0. The van der Waals surface area contributed by atoms with Crippen LogP contribution in [0.1, 0.15) is 18.7 Å². The number of aliphatic hydroxyl groups excluding tert-OH is 1. The molecule has 1 fully saturated rings. The van der Waals surface area contributed by atoms with Gasteiger partial charge in [0.2, 0.25) is 0 Å².